The summed E-state index contributed by atoms with van der Waals surface area (Å²) in [6.45, 7) is 3.02. The van der Waals surface area contributed by atoms with Crippen LogP contribution in [-0.4, -0.2) is 63.0 Å². The summed E-state index contributed by atoms with van der Waals surface area (Å²) in [7, 11) is 0. The number of nitrogens with one attached hydrogen (secondary N) is 2. The summed E-state index contributed by atoms with van der Waals surface area (Å²) >= 11 is 0. The molecule has 0 spiro atoms. The van der Waals surface area contributed by atoms with Gasteiger partial charge in [0.05, 0.1) is 24.3 Å². The lowest BCUT2D eigenvalue weighted by molar-refractivity contribution is -0.0819. The first kappa shape index (κ1) is 22.0. The normalized spacial score (nSPS) is 19.2. The van der Waals surface area contributed by atoms with Crippen LogP contribution in [0.1, 0.15) is 24.2 Å². The molecule has 2 aliphatic rings. The molecule has 1 atom stereocenters. The Hall–Kier alpha value is -2.81. The predicted octanol–water partition coefficient (Wildman–Crippen LogP) is 3.72. The Labute approximate surface area is 191 Å². The van der Waals surface area contributed by atoms with E-state index < -0.39 is 19.1 Å². The zero-order valence-electron chi connectivity index (χ0n) is 18.6. The molecular formula is C25H29F2N5O. The molecule has 0 radical (unpaired) electrons. The lowest BCUT2D eigenvalue weighted by Crippen LogP contribution is -2.46. The number of hydrogen-bond donors (Lipinski definition) is 3. The van der Waals surface area contributed by atoms with Crippen LogP contribution < -0.4 is 5.32 Å². The number of benzene rings is 2. The molecule has 174 valence electrons. The van der Waals surface area contributed by atoms with Gasteiger partial charge < -0.3 is 15.4 Å². The maximum atomic E-state index is 13.4. The van der Waals surface area contributed by atoms with Gasteiger partial charge in [-0.25, -0.2) is 8.78 Å². The van der Waals surface area contributed by atoms with Crippen molar-refractivity contribution in [3.8, 4) is 0 Å². The molecule has 2 aromatic carbocycles. The van der Waals surface area contributed by atoms with Gasteiger partial charge >= 0.3 is 0 Å². The van der Waals surface area contributed by atoms with E-state index in [1.54, 1.807) is 4.90 Å². The first-order valence-corrected chi connectivity index (χ1v) is 11.4. The fraction of sp³-hybridized carbons (Fsp3) is 0.400. The number of fused-ring (bicyclic) bond motifs is 4. The van der Waals surface area contributed by atoms with Crippen LogP contribution in [0.4, 0.5) is 8.78 Å². The Morgan fingerprint density at radius 3 is 2.64 bits per heavy atom. The fourth-order valence-electron chi connectivity index (χ4n) is 4.70. The van der Waals surface area contributed by atoms with Crippen LogP contribution in [0.25, 0.3) is 21.8 Å². The zero-order valence-corrected chi connectivity index (χ0v) is 18.6. The fourth-order valence-corrected chi connectivity index (χ4v) is 4.70. The average molecular weight is 454 g/mol. The minimum Gasteiger partial charge on any atom is -0.390 e. The van der Waals surface area contributed by atoms with Crippen molar-refractivity contribution in [2.75, 3.05) is 26.2 Å². The summed E-state index contributed by atoms with van der Waals surface area (Å²) in [5.74, 6) is -3.04. The first-order valence-electron chi connectivity index (χ1n) is 11.4. The van der Waals surface area contributed by atoms with E-state index >= 15 is 0 Å². The molecule has 1 unspecified atom stereocenters. The summed E-state index contributed by atoms with van der Waals surface area (Å²) in [5.41, 5.74) is 4.55. The van der Waals surface area contributed by atoms with Crippen molar-refractivity contribution in [2.24, 2.45) is 0 Å². The van der Waals surface area contributed by atoms with Gasteiger partial charge in [0.2, 0.25) is 0 Å². The van der Waals surface area contributed by atoms with Crippen molar-refractivity contribution >= 4 is 21.8 Å². The second-order valence-electron chi connectivity index (χ2n) is 9.06. The summed E-state index contributed by atoms with van der Waals surface area (Å²) in [6.07, 6.45) is 2.69. The molecule has 1 saturated heterocycles. The van der Waals surface area contributed by atoms with Crippen molar-refractivity contribution in [3.63, 3.8) is 0 Å². The van der Waals surface area contributed by atoms with Crippen LogP contribution in [0.2, 0.25) is 0 Å². The van der Waals surface area contributed by atoms with E-state index in [1.165, 1.54) is 21.9 Å². The molecule has 0 aliphatic carbocycles. The van der Waals surface area contributed by atoms with Crippen LogP contribution in [0.15, 0.2) is 54.7 Å². The topological polar surface area (TPSA) is 69.1 Å². The Balaban J connectivity index is 0.000000151. The Morgan fingerprint density at radius 1 is 1.12 bits per heavy atom. The summed E-state index contributed by atoms with van der Waals surface area (Å²) in [4.78, 5) is 5.05. The maximum Gasteiger partial charge on any atom is 0.283 e. The lowest BCUT2D eigenvalue weighted by Gasteiger charge is -2.35. The standard InChI is InChI=1S/C15H18F2N2O.C10H11N3/c1-10-6-12-11-4-2-3-5-13(11)18-14(12)7-19(10)8-15(16,17)9-20;1-2-4-10-8(3-1)5-12-13(10)9-6-11-7-9/h2-5,10,18,20H,6-9H2,1H3;1-5,9,11H,6-7H2. The van der Waals surface area contributed by atoms with Crippen molar-refractivity contribution in [3.05, 3.63) is 66.0 Å². The largest absolute Gasteiger partial charge is 0.390 e. The van der Waals surface area contributed by atoms with Crippen LogP contribution in [-0.2, 0) is 13.0 Å². The molecule has 0 amide bonds. The van der Waals surface area contributed by atoms with E-state index in [0.717, 1.165) is 30.7 Å². The van der Waals surface area contributed by atoms with Crippen molar-refractivity contribution in [1.29, 1.82) is 0 Å². The van der Waals surface area contributed by atoms with Gasteiger partial charge in [0.1, 0.15) is 6.61 Å². The third kappa shape index (κ3) is 4.38. The van der Waals surface area contributed by atoms with Gasteiger partial charge in [-0.1, -0.05) is 36.4 Å². The lowest BCUT2D eigenvalue weighted by atomic mass is 9.97. The number of aromatic amines is 1. The molecule has 0 saturated carbocycles. The Bertz CT molecular complexity index is 1250. The second kappa shape index (κ2) is 8.85. The highest BCUT2D eigenvalue weighted by Gasteiger charge is 2.35. The van der Waals surface area contributed by atoms with Gasteiger partial charge in [0.15, 0.2) is 0 Å². The minimum absolute atomic E-state index is 0.0409. The van der Waals surface area contributed by atoms with Gasteiger partial charge in [-0.2, -0.15) is 5.10 Å². The van der Waals surface area contributed by atoms with E-state index in [2.05, 4.69) is 44.3 Å². The van der Waals surface area contributed by atoms with E-state index in [0.29, 0.717) is 12.6 Å². The number of H-pyrrole nitrogens is 1. The third-order valence-electron chi connectivity index (χ3n) is 6.66. The molecule has 3 N–H and O–H groups in total. The summed E-state index contributed by atoms with van der Waals surface area (Å²) in [5, 5.41) is 18.8. The summed E-state index contributed by atoms with van der Waals surface area (Å²) < 4.78 is 28.9. The molecule has 2 aliphatic heterocycles. The minimum atomic E-state index is -3.04. The number of hydrogen-bond acceptors (Lipinski definition) is 4. The van der Waals surface area contributed by atoms with E-state index in [1.807, 2.05) is 37.4 Å². The van der Waals surface area contributed by atoms with Crippen LogP contribution in [0, 0.1) is 0 Å². The molecule has 2 aromatic heterocycles. The second-order valence-corrected chi connectivity index (χ2v) is 9.06. The zero-order chi connectivity index (χ0) is 23.0. The number of aromatic nitrogens is 3. The van der Waals surface area contributed by atoms with E-state index in [4.69, 9.17) is 5.11 Å². The van der Waals surface area contributed by atoms with Crippen LogP contribution in [0.5, 0.6) is 0 Å². The van der Waals surface area contributed by atoms with Crippen LogP contribution in [0.3, 0.4) is 0 Å². The number of nitrogens with zero attached hydrogens (tertiary/aromatic N) is 3. The Morgan fingerprint density at radius 2 is 1.88 bits per heavy atom. The monoisotopic (exact) mass is 453 g/mol. The molecule has 6 rings (SSSR count). The molecule has 4 aromatic rings. The molecule has 8 heteroatoms. The first-order chi connectivity index (χ1) is 15.9. The van der Waals surface area contributed by atoms with Crippen LogP contribution >= 0.6 is 0 Å². The average Bonchev–Trinajstić information content (AvgIpc) is 3.35. The van der Waals surface area contributed by atoms with Gasteiger partial charge in [-0.3, -0.25) is 9.58 Å². The van der Waals surface area contributed by atoms with Crippen molar-refractivity contribution in [1.82, 2.24) is 25.0 Å². The molecular weight excluding hydrogens is 424 g/mol. The maximum absolute atomic E-state index is 13.4. The quantitative estimate of drug-likeness (QED) is 0.441. The number of aliphatic hydroxyl groups is 1. The summed E-state index contributed by atoms with van der Waals surface area (Å²) in [6, 6.07) is 17.0. The highest BCUT2D eigenvalue weighted by atomic mass is 19.3. The number of alkyl halides is 2. The number of rotatable bonds is 4. The number of aliphatic hydroxyl groups excluding tert-OH is 1. The van der Waals surface area contributed by atoms with Gasteiger partial charge in [0, 0.05) is 47.7 Å². The predicted molar refractivity (Wildman–Crippen MR) is 126 cm³/mol. The SMILES string of the molecule is CC1Cc2c([nH]c3ccccc23)CN1CC(F)(F)CO.c1ccc2c(c1)cnn2C1CNC1. The Kier molecular flexibility index (Phi) is 5.90. The van der Waals surface area contributed by atoms with Gasteiger partial charge in [-0.05, 0) is 31.0 Å². The number of para-hydroxylation sites is 2. The van der Waals surface area contributed by atoms with Gasteiger partial charge in [-0.15, -0.1) is 0 Å². The highest BCUT2D eigenvalue weighted by molar-refractivity contribution is 5.85. The third-order valence-corrected chi connectivity index (χ3v) is 6.66. The number of halogens is 2. The molecule has 4 heterocycles. The van der Waals surface area contributed by atoms with Crippen molar-refractivity contribution in [2.45, 2.75) is 37.9 Å². The van der Waals surface area contributed by atoms with E-state index in [-0.39, 0.29) is 6.04 Å². The molecule has 6 nitrogen and oxygen atoms in total. The smallest absolute Gasteiger partial charge is 0.283 e. The highest BCUT2D eigenvalue weighted by Crippen LogP contribution is 2.31. The molecule has 33 heavy (non-hydrogen) atoms. The molecule has 1 fully saturated rings. The molecule has 0 bridgehead atoms. The van der Waals surface area contributed by atoms with Gasteiger partial charge in [0.25, 0.3) is 5.92 Å². The van der Waals surface area contributed by atoms with Crippen molar-refractivity contribution < 1.29 is 13.9 Å². The van der Waals surface area contributed by atoms with E-state index in [9.17, 15) is 8.78 Å².